The highest BCUT2D eigenvalue weighted by Crippen LogP contribution is 2.39. The lowest BCUT2D eigenvalue weighted by Crippen LogP contribution is -2.38. The number of amides is 1. The number of nitrogens with two attached hydrogens (primary N) is 1. The van der Waals surface area contributed by atoms with E-state index in [2.05, 4.69) is 11.4 Å². The molecule has 1 saturated heterocycles. The van der Waals surface area contributed by atoms with E-state index in [1.54, 1.807) is 0 Å². The second kappa shape index (κ2) is 6.57. The van der Waals surface area contributed by atoms with Gasteiger partial charge in [-0.3, -0.25) is 4.79 Å². The number of hydrogen-bond donors (Lipinski definition) is 2. The Hall–Kier alpha value is -1.10. The van der Waals surface area contributed by atoms with Crippen molar-refractivity contribution in [1.82, 2.24) is 5.32 Å². The second-order valence-corrected chi connectivity index (χ2v) is 5.49. The van der Waals surface area contributed by atoms with Gasteiger partial charge in [-0.2, -0.15) is 0 Å². The molecule has 110 valence electrons. The van der Waals surface area contributed by atoms with Gasteiger partial charge in [0.2, 0.25) is 0 Å². The van der Waals surface area contributed by atoms with Crippen LogP contribution in [0.2, 0.25) is 0 Å². The molecule has 2 aliphatic rings. The quantitative estimate of drug-likeness (QED) is 0.894. The van der Waals surface area contributed by atoms with Gasteiger partial charge >= 0.3 is 0 Å². The van der Waals surface area contributed by atoms with Crippen molar-refractivity contribution in [2.75, 3.05) is 13.2 Å². The minimum Gasteiger partial charge on any atom is -0.381 e. The zero-order valence-electron chi connectivity index (χ0n) is 11.4. The minimum absolute atomic E-state index is 0. The molecule has 1 heterocycles. The number of halogens is 1. The molecule has 0 radical (unpaired) electrons. The smallest absolute Gasteiger partial charge is 0.251 e. The first kappa shape index (κ1) is 15.3. The summed E-state index contributed by atoms with van der Waals surface area (Å²) in [5.74, 6) is 0.457. The molecule has 1 aliphatic carbocycles. The van der Waals surface area contributed by atoms with Gasteiger partial charge in [0.05, 0.1) is 0 Å². The van der Waals surface area contributed by atoms with Gasteiger partial charge in [-0.25, -0.2) is 0 Å². The van der Waals surface area contributed by atoms with Gasteiger partial charge in [0.1, 0.15) is 0 Å². The zero-order valence-corrected chi connectivity index (χ0v) is 12.2. The summed E-state index contributed by atoms with van der Waals surface area (Å²) in [5.41, 5.74) is 7.79. The number of carbonyl (C=O) groups excluding carboxylic acids is 1. The molecule has 1 aliphatic heterocycles. The lowest BCUT2D eigenvalue weighted by Gasteiger charge is -2.23. The molecule has 1 saturated carbocycles. The van der Waals surface area contributed by atoms with Crippen LogP contribution in [0.15, 0.2) is 24.3 Å². The Labute approximate surface area is 125 Å². The Kier molecular flexibility index (Phi) is 5.02. The van der Waals surface area contributed by atoms with Crippen molar-refractivity contribution in [2.24, 2.45) is 5.73 Å². The van der Waals surface area contributed by atoms with E-state index >= 15 is 0 Å². The van der Waals surface area contributed by atoms with E-state index in [1.165, 1.54) is 5.56 Å². The average molecular weight is 297 g/mol. The summed E-state index contributed by atoms with van der Waals surface area (Å²) >= 11 is 0. The topological polar surface area (TPSA) is 64.4 Å². The first-order valence-corrected chi connectivity index (χ1v) is 6.98. The van der Waals surface area contributed by atoms with Crippen molar-refractivity contribution in [1.29, 1.82) is 0 Å². The first-order chi connectivity index (χ1) is 9.24. The fourth-order valence-electron chi connectivity index (χ4n) is 2.62. The van der Waals surface area contributed by atoms with E-state index in [9.17, 15) is 4.79 Å². The third-order valence-electron chi connectivity index (χ3n) is 3.97. The van der Waals surface area contributed by atoms with Crippen molar-refractivity contribution in [3.8, 4) is 0 Å². The van der Waals surface area contributed by atoms with E-state index in [0.29, 0.717) is 5.92 Å². The molecule has 3 N–H and O–H groups in total. The summed E-state index contributed by atoms with van der Waals surface area (Å²) in [7, 11) is 0. The minimum atomic E-state index is 0. The van der Waals surface area contributed by atoms with Crippen LogP contribution in [0.3, 0.4) is 0 Å². The molecule has 4 nitrogen and oxygen atoms in total. The highest BCUT2D eigenvalue weighted by molar-refractivity contribution is 5.94. The molecular formula is C15H21ClN2O2. The highest BCUT2D eigenvalue weighted by atomic mass is 35.5. The Morgan fingerprint density at radius 2 is 2.00 bits per heavy atom. The van der Waals surface area contributed by atoms with Gasteiger partial charge in [0.15, 0.2) is 0 Å². The maximum Gasteiger partial charge on any atom is 0.251 e. The predicted octanol–water partition coefficient (Wildman–Crippen LogP) is 1.83. The molecule has 0 aromatic heterocycles. The number of ether oxygens (including phenoxy) is 1. The molecule has 5 heteroatoms. The summed E-state index contributed by atoms with van der Waals surface area (Å²) in [6, 6.07) is 8.36. The van der Waals surface area contributed by atoms with E-state index in [0.717, 1.165) is 38.0 Å². The largest absolute Gasteiger partial charge is 0.381 e. The number of rotatable bonds is 3. The average Bonchev–Trinajstić information content (AvgIpc) is 3.17. The van der Waals surface area contributed by atoms with E-state index in [1.807, 2.05) is 18.2 Å². The first-order valence-electron chi connectivity index (χ1n) is 6.98. The summed E-state index contributed by atoms with van der Waals surface area (Å²) in [5, 5.41) is 3.08. The third-order valence-corrected chi connectivity index (χ3v) is 3.97. The van der Waals surface area contributed by atoms with Crippen LogP contribution >= 0.6 is 12.4 Å². The van der Waals surface area contributed by atoms with Gasteiger partial charge < -0.3 is 15.8 Å². The molecule has 0 spiro atoms. The van der Waals surface area contributed by atoms with Gasteiger partial charge in [-0.1, -0.05) is 12.1 Å². The Bertz CT molecular complexity index is 475. The van der Waals surface area contributed by atoms with Crippen LogP contribution in [0.5, 0.6) is 0 Å². The summed E-state index contributed by atoms with van der Waals surface area (Å²) < 4.78 is 5.29. The number of nitrogens with one attached hydrogen (secondary N) is 1. The second-order valence-electron chi connectivity index (χ2n) is 5.49. The number of hydrogen-bond acceptors (Lipinski definition) is 3. The molecule has 0 bridgehead atoms. The van der Waals surface area contributed by atoms with Crippen molar-refractivity contribution in [2.45, 2.75) is 37.3 Å². The van der Waals surface area contributed by atoms with E-state index < -0.39 is 0 Å². The zero-order chi connectivity index (χ0) is 13.2. The van der Waals surface area contributed by atoms with Crippen LogP contribution in [-0.4, -0.2) is 31.2 Å². The normalized spacial score (nSPS) is 25.6. The predicted molar refractivity (Wildman–Crippen MR) is 80.3 cm³/mol. The molecule has 1 amide bonds. The van der Waals surface area contributed by atoms with Crippen LogP contribution in [-0.2, 0) is 4.74 Å². The van der Waals surface area contributed by atoms with Gasteiger partial charge in [-0.05, 0) is 37.0 Å². The summed E-state index contributed by atoms with van der Waals surface area (Å²) in [6.07, 6.45) is 2.84. The molecule has 1 aromatic rings. The van der Waals surface area contributed by atoms with Crippen LogP contribution in [0.1, 0.15) is 41.1 Å². The Morgan fingerprint density at radius 3 is 2.65 bits per heavy atom. The van der Waals surface area contributed by atoms with Gasteiger partial charge in [0, 0.05) is 36.8 Å². The maximum absolute atomic E-state index is 12.2. The van der Waals surface area contributed by atoms with Gasteiger partial charge in [0.25, 0.3) is 5.91 Å². The fraction of sp³-hybridized carbons (Fsp3) is 0.533. The fourth-order valence-corrected chi connectivity index (χ4v) is 2.62. The van der Waals surface area contributed by atoms with Crippen molar-refractivity contribution in [3.05, 3.63) is 35.4 Å². The maximum atomic E-state index is 12.2. The van der Waals surface area contributed by atoms with Crippen molar-refractivity contribution in [3.63, 3.8) is 0 Å². The Balaban J connectivity index is 0.00000147. The standard InChI is InChI=1S/C15H20N2O2.ClH/c16-14-9-13(14)10-2-1-3-11(8-10)15(18)17-12-4-6-19-7-5-12;/h1-3,8,12-14H,4-7,9,16H2,(H,17,18);1H/t13-,14+;/m0./s1. The summed E-state index contributed by atoms with van der Waals surface area (Å²) in [6.45, 7) is 1.48. The number of carbonyl (C=O) groups is 1. The van der Waals surface area contributed by atoms with Crippen LogP contribution < -0.4 is 11.1 Å². The lowest BCUT2D eigenvalue weighted by molar-refractivity contribution is 0.0696. The summed E-state index contributed by atoms with van der Waals surface area (Å²) in [4.78, 5) is 12.2. The highest BCUT2D eigenvalue weighted by Gasteiger charge is 2.35. The van der Waals surface area contributed by atoms with E-state index in [-0.39, 0.29) is 30.4 Å². The SMILES string of the molecule is Cl.N[C@@H]1C[C@H]1c1cccc(C(=O)NC2CCOCC2)c1. The van der Waals surface area contributed by atoms with Crippen molar-refractivity contribution >= 4 is 18.3 Å². The molecule has 2 atom stereocenters. The van der Waals surface area contributed by atoms with Gasteiger partial charge in [-0.15, -0.1) is 12.4 Å². The Morgan fingerprint density at radius 1 is 1.30 bits per heavy atom. The molecule has 20 heavy (non-hydrogen) atoms. The lowest BCUT2D eigenvalue weighted by atomic mass is 10.0. The van der Waals surface area contributed by atoms with Crippen molar-refractivity contribution < 1.29 is 9.53 Å². The molecule has 3 rings (SSSR count). The van der Waals surface area contributed by atoms with Crippen LogP contribution in [0.4, 0.5) is 0 Å². The molecule has 1 aromatic carbocycles. The molecular weight excluding hydrogens is 276 g/mol. The number of benzene rings is 1. The third kappa shape index (κ3) is 3.51. The monoisotopic (exact) mass is 296 g/mol. The van der Waals surface area contributed by atoms with Crippen LogP contribution in [0, 0.1) is 0 Å². The molecule has 2 fully saturated rings. The van der Waals surface area contributed by atoms with E-state index in [4.69, 9.17) is 10.5 Å². The van der Waals surface area contributed by atoms with Crippen LogP contribution in [0.25, 0.3) is 0 Å². The molecule has 0 unspecified atom stereocenters.